The molecule has 0 aliphatic carbocycles. The van der Waals surface area contributed by atoms with Gasteiger partial charge >= 0.3 is 12.1 Å². The van der Waals surface area contributed by atoms with Crippen LogP contribution in [-0.4, -0.2) is 102 Å². The summed E-state index contributed by atoms with van der Waals surface area (Å²) in [5, 5.41) is 15.5. The van der Waals surface area contributed by atoms with Crippen molar-refractivity contribution in [1.82, 2.24) is 15.1 Å². The van der Waals surface area contributed by atoms with Gasteiger partial charge in [0.1, 0.15) is 18.7 Å². The fraction of sp³-hybridized carbons (Fsp3) is 0.407. The number of hydrogen-bond donors (Lipinski definition) is 3. The van der Waals surface area contributed by atoms with Crippen molar-refractivity contribution in [2.24, 2.45) is 0 Å². The van der Waals surface area contributed by atoms with E-state index in [2.05, 4.69) is 15.5 Å². The van der Waals surface area contributed by atoms with Crippen LogP contribution >= 0.6 is 35.0 Å². The zero-order valence-electron chi connectivity index (χ0n) is 22.0. The molecule has 2 aliphatic rings. The first-order valence-corrected chi connectivity index (χ1v) is 14.8. The van der Waals surface area contributed by atoms with Crippen molar-refractivity contribution in [2.45, 2.75) is 18.5 Å². The molecule has 3 N–H and O–H groups in total. The van der Waals surface area contributed by atoms with E-state index in [-0.39, 0.29) is 34.5 Å². The predicted molar refractivity (Wildman–Crippen MR) is 156 cm³/mol. The van der Waals surface area contributed by atoms with Crippen LogP contribution in [-0.2, 0) is 25.5 Å². The van der Waals surface area contributed by atoms with Crippen LogP contribution in [0.4, 0.5) is 10.5 Å². The second-order valence-electron chi connectivity index (χ2n) is 9.41. The standard InChI is InChI=1S/C27H30Cl2N4O7S/c28-19-2-1-3-20(29)23(19)25(35)30-18-6-4-17(5-7-18)14-21(26(36)37)31-24(34)22-15-41-16-33(22)27(38)40-13-10-32-8-11-39-12-9-32/h1-7,21-22H,8-16H2,(H,30,35)(H,31,34)(H,36,37). The van der Waals surface area contributed by atoms with Gasteiger partial charge in [0.05, 0.1) is 34.7 Å². The highest BCUT2D eigenvalue weighted by Crippen LogP contribution is 2.26. The lowest BCUT2D eigenvalue weighted by Crippen LogP contribution is -2.52. The molecular formula is C27H30Cl2N4O7S. The van der Waals surface area contributed by atoms with Crippen molar-refractivity contribution in [1.29, 1.82) is 0 Å². The van der Waals surface area contributed by atoms with Gasteiger partial charge in [0.25, 0.3) is 5.91 Å². The predicted octanol–water partition coefficient (Wildman–Crippen LogP) is 3.20. The Morgan fingerprint density at radius 2 is 1.76 bits per heavy atom. The molecule has 0 radical (unpaired) electrons. The molecule has 2 aromatic carbocycles. The summed E-state index contributed by atoms with van der Waals surface area (Å²) < 4.78 is 10.7. The van der Waals surface area contributed by atoms with E-state index < -0.39 is 36.0 Å². The van der Waals surface area contributed by atoms with E-state index in [1.807, 2.05) is 0 Å². The molecule has 2 saturated heterocycles. The first kappa shape index (κ1) is 30.9. The van der Waals surface area contributed by atoms with Crippen molar-refractivity contribution in [2.75, 3.05) is 56.4 Å². The molecule has 0 saturated carbocycles. The summed E-state index contributed by atoms with van der Waals surface area (Å²) in [5.74, 6) is -1.65. The normalized spacial score (nSPS) is 18.0. The number of carbonyl (C=O) groups excluding carboxylic acids is 3. The van der Waals surface area contributed by atoms with E-state index in [1.54, 1.807) is 42.5 Å². The summed E-state index contributed by atoms with van der Waals surface area (Å²) in [4.78, 5) is 53.7. The van der Waals surface area contributed by atoms with Gasteiger partial charge in [-0.1, -0.05) is 41.4 Å². The topological polar surface area (TPSA) is 138 Å². The first-order valence-electron chi connectivity index (χ1n) is 12.9. The minimum Gasteiger partial charge on any atom is -0.480 e. The largest absolute Gasteiger partial charge is 0.480 e. The molecule has 0 aromatic heterocycles. The first-order chi connectivity index (χ1) is 19.7. The second-order valence-corrected chi connectivity index (χ2v) is 11.2. The Morgan fingerprint density at radius 3 is 2.41 bits per heavy atom. The summed E-state index contributed by atoms with van der Waals surface area (Å²) in [5.41, 5.74) is 1.22. The smallest absolute Gasteiger partial charge is 0.411 e. The Hall–Kier alpha value is -3.03. The number of morpholine rings is 1. The monoisotopic (exact) mass is 624 g/mol. The number of aliphatic carboxylic acids is 1. The van der Waals surface area contributed by atoms with E-state index in [4.69, 9.17) is 32.7 Å². The molecule has 41 heavy (non-hydrogen) atoms. The van der Waals surface area contributed by atoms with Gasteiger partial charge in [-0.2, -0.15) is 0 Å². The number of benzene rings is 2. The summed E-state index contributed by atoms with van der Waals surface area (Å²) in [7, 11) is 0. The summed E-state index contributed by atoms with van der Waals surface area (Å²) in [6.45, 7) is 3.59. The molecule has 4 rings (SSSR count). The van der Waals surface area contributed by atoms with E-state index >= 15 is 0 Å². The number of amides is 3. The maximum absolute atomic E-state index is 13.0. The molecule has 0 spiro atoms. The fourth-order valence-corrected chi connectivity index (χ4v) is 6.06. The van der Waals surface area contributed by atoms with Crippen LogP contribution in [0.5, 0.6) is 0 Å². The number of thioether (sulfide) groups is 1. The van der Waals surface area contributed by atoms with E-state index in [9.17, 15) is 24.3 Å². The van der Waals surface area contributed by atoms with E-state index in [0.29, 0.717) is 36.8 Å². The summed E-state index contributed by atoms with van der Waals surface area (Å²) >= 11 is 13.6. The molecule has 0 bridgehead atoms. The SMILES string of the molecule is O=C(Nc1ccc(CC(NC(=O)C2CSCN2C(=O)OCCN2CCOCC2)C(=O)O)cc1)c1c(Cl)cccc1Cl. The summed E-state index contributed by atoms with van der Waals surface area (Å²) in [6, 6.07) is 9.21. The lowest BCUT2D eigenvalue weighted by atomic mass is 10.0. The highest BCUT2D eigenvalue weighted by molar-refractivity contribution is 7.99. The van der Waals surface area contributed by atoms with Crippen LogP contribution < -0.4 is 10.6 Å². The van der Waals surface area contributed by atoms with Crippen LogP contribution in [0.25, 0.3) is 0 Å². The number of carboxylic acid groups (broad SMARTS) is 1. The van der Waals surface area contributed by atoms with Gasteiger partial charge in [-0.15, -0.1) is 11.8 Å². The van der Waals surface area contributed by atoms with Crippen molar-refractivity contribution in [3.05, 3.63) is 63.6 Å². The lowest BCUT2D eigenvalue weighted by molar-refractivity contribution is -0.142. The molecule has 14 heteroatoms. The number of ether oxygens (including phenoxy) is 2. The summed E-state index contributed by atoms with van der Waals surface area (Å²) in [6.07, 6.45) is -0.610. The number of hydrogen-bond acceptors (Lipinski definition) is 8. The van der Waals surface area contributed by atoms with Crippen LogP contribution in [0.1, 0.15) is 15.9 Å². The van der Waals surface area contributed by atoms with Gasteiger partial charge in [-0.3, -0.25) is 19.4 Å². The van der Waals surface area contributed by atoms with Crippen molar-refractivity contribution in [3.8, 4) is 0 Å². The number of carbonyl (C=O) groups is 4. The number of nitrogens with one attached hydrogen (secondary N) is 2. The maximum Gasteiger partial charge on any atom is 0.411 e. The number of carboxylic acids is 1. The number of anilines is 1. The third kappa shape index (κ3) is 8.49. The van der Waals surface area contributed by atoms with Gasteiger partial charge in [0.15, 0.2) is 0 Å². The fourth-order valence-electron chi connectivity index (χ4n) is 4.35. The molecule has 2 atom stereocenters. The number of halogens is 2. The van der Waals surface area contributed by atoms with Crippen LogP contribution in [0, 0.1) is 0 Å². The molecule has 2 aromatic rings. The third-order valence-electron chi connectivity index (χ3n) is 6.61. The van der Waals surface area contributed by atoms with Crippen LogP contribution in [0.2, 0.25) is 10.0 Å². The molecular weight excluding hydrogens is 595 g/mol. The Bertz CT molecular complexity index is 1240. The van der Waals surface area contributed by atoms with Gasteiger partial charge in [-0.05, 0) is 29.8 Å². The van der Waals surface area contributed by atoms with E-state index in [1.165, 1.54) is 16.7 Å². The number of nitrogens with zero attached hydrogens (tertiary/aromatic N) is 2. The zero-order chi connectivity index (χ0) is 29.4. The van der Waals surface area contributed by atoms with Crippen LogP contribution in [0.15, 0.2) is 42.5 Å². The molecule has 2 fully saturated rings. The Kier molecular flexibility index (Phi) is 11.1. The van der Waals surface area contributed by atoms with Gasteiger partial charge in [-0.25, -0.2) is 9.59 Å². The molecule has 2 heterocycles. The van der Waals surface area contributed by atoms with E-state index in [0.717, 1.165) is 13.1 Å². The second kappa shape index (κ2) is 14.7. The molecule has 2 unspecified atom stereocenters. The molecule has 2 aliphatic heterocycles. The minimum absolute atomic E-state index is 0.00446. The average Bonchev–Trinajstić information content (AvgIpc) is 3.45. The molecule has 3 amide bonds. The highest BCUT2D eigenvalue weighted by Gasteiger charge is 2.37. The van der Waals surface area contributed by atoms with Gasteiger partial charge < -0.3 is 25.2 Å². The van der Waals surface area contributed by atoms with Crippen molar-refractivity contribution >= 4 is 64.5 Å². The molecule has 11 nitrogen and oxygen atoms in total. The third-order valence-corrected chi connectivity index (χ3v) is 8.25. The minimum atomic E-state index is -1.23. The molecule has 220 valence electrons. The quantitative estimate of drug-likeness (QED) is 0.364. The lowest BCUT2D eigenvalue weighted by Gasteiger charge is -2.27. The Labute approximate surface area is 251 Å². The Balaban J connectivity index is 1.30. The Morgan fingerprint density at radius 1 is 1.07 bits per heavy atom. The van der Waals surface area contributed by atoms with Gasteiger partial charge in [0.2, 0.25) is 5.91 Å². The number of rotatable bonds is 10. The highest BCUT2D eigenvalue weighted by atomic mass is 35.5. The van der Waals surface area contributed by atoms with Crippen molar-refractivity contribution < 1.29 is 33.8 Å². The zero-order valence-corrected chi connectivity index (χ0v) is 24.3. The van der Waals surface area contributed by atoms with Crippen molar-refractivity contribution in [3.63, 3.8) is 0 Å². The average molecular weight is 626 g/mol. The van der Waals surface area contributed by atoms with Gasteiger partial charge in [0, 0.05) is 37.5 Å². The maximum atomic E-state index is 13.0. The van der Waals surface area contributed by atoms with Crippen LogP contribution in [0.3, 0.4) is 0 Å².